The van der Waals surface area contributed by atoms with Gasteiger partial charge in [-0.2, -0.15) is 0 Å². The Hall–Kier alpha value is -2.27. The van der Waals surface area contributed by atoms with Crippen LogP contribution in [-0.4, -0.2) is 34.1 Å². The lowest BCUT2D eigenvalue weighted by atomic mass is 10.1. The fourth-order valence-electron chi connectivity index (χ4n) is 1.58. The second-order valence-corrected chi connectivity index (χ2v) is 3.60. The van der Waals surface area contributed by atoms with Gasteiger partial charge in [0.1, 0.15) is 0 Å². The van der Waals surface area contributed by atoms with Crippen molar-refractivity contribution >= 4 is 5.91 Å². The molecular weight excluding hydrogens is 230 g/mol. The van der Waals surface area contributed by atoms with E-state index in [1.54, 1.807) is 36.7 Å². The summed E-state index contributed by atoms with van der Waals surface area (Å²) < 4.78 is 0. The maximum Gasteiger partial charge on any atom is 0.252 e. The van der Waals surface area contributed by atoms with Gasteiger partial charge < -0.3 is 10.4 Å². The highest BCUT2D eigenvalue weighted by Gasteiger charge is 2.12. The molecule has 0 spiro atoms. The summed E-state index contributed by atoms with van der Waals surface area (Å²) in [5, 5.41) is 11.3. The van der Waals surface area contributed by atoms with Gasteiger partial charge in [0.05, 0.1) is 12.2 Å². The van der Waals surface area contributed by atoms with Gasteiger partial charge in [-0.1, -0.05) is 18.2 Å². The predicted molar refractivity (Wildman–Crippen MR) is 66.9 cm³/mol. The van der Waals surface area contributed by atoms with E-state index in [0.717, 1.165) is 0 Å². The number of nitrogens with zero attached hydrogens (tertiary/aromatic N) is 2. The molecule has 0 aliphatic heterocycles. The molecule has 1 aromatic heterocycles. The van der Waals surface area contributed by atoms with Crippen molar-refractivity contribution in [2.24, 2.45) is 0 Å². The highest BCUT2D eigenvalue weighted by Crippen LogP contribution is 2.19. The third kappa shape index (κ3) is 2.70. The van der Waals surface area contributed by atoms with Crippen LogP contribution in [0, 0.1) is 0 Å². The van der Waals surface area contributed by atoms with Crippen molar-refractivity contribution in [3.63, 3.8) is 0 Å². The molecule has 1 heterocycles. The number of amides is 1. The molecule has 0 fully saturated rings. The van der Waals surface area contributed by atoms with E-state index in [0.29, 0.717) is 17.0 Å². The Bertz CT molecular complexity index is 529. The van der Waals surface area contributed by atoms with Gasteiger partial charge in [0, 0.05) is 24.5 Å². The summed E-state index contributed by atoms with van der Waals surface area (Å²) in [4.78, 5) is 20.2. The van der Waals surface area contributed by atoms with Crippen molar-refractivity contribution < 1.29 is 9.90 Å². The van der Waals surface area contributed by atoms with Crippen LogP contribution in [0.4, 0.5) is 0 Å². The molecule has 5 nitrogen and oxygen atoms in total. The highest BCUT2D eigenvalue weighted by molar-refractivity contribution is 6.00. The molecule has 0 aliphatic carbocycles. The lowest BCUT2D eigenvalue weighted by molar-refractivity contribution is 0.0945. The minimum Gasteiger partial charge on any atom is -0.395 e. The van der Waals surface area contributed by atoms with Crippen molar-refractivity contribution in [2.75, 3.05) is 13.2 Å². The van der Waals surface area contributed by atoms with Gasteiger partial charge in [0.2, 0.25) is 0 Å². The molecule has 0 saturated carbocycles. The van der Waals surface area contributed by atoms with Gasteiger partial charge in [-0.05, 0) is 12.1 Å². The molecule has 2 aromatic rings. The number of rotatable bonds is 4. The number of carbonyl (C=O) groups is 1. The Morgan fingerprint density at radius 3 is 2.61 bits per heavy atom. The quantitative estimate of drug-likeness (QED) is 0.835. The van der Waals surface area contributed by atoms with E-state index in [9.17, 15) is 4.79 Å². The van der Waals surface area contributed by atoms with E-state index in [4.69, 9.17) is 5.11 Å². The maximum atomic E-state index is 11.9. The topological polar surface area (TPSA) is 75.1 Å². The number of nitrogens with one attached hydrogen (secondary N) is 1. The zero-order valence-electron chi connectivity index (χ0n) is 9.71. The molecule has 2 rings (SSSR count). The van der Waals surface area contributed by atoms with E-state index in [1.807, 2.05) is 6.07 Å². The number of aliphatic hydroxyl groups excluding tert-OH is 1. The van der Waals surface area contributed by atoms with E-state index in [2.05, 4.69) is 15.3 Å². The van der Waals surface area contributed by atoms with Crippen molar-refractivity contribution in [1.29, 1.82) is 0 Å². The van der Waals surface area contributed by atoms with Crippen molar-refractivity contribution in [2.45, 2.75) is 0 Å². The second kappa shape index (κ2) is 5.88. The second-order valence-electron chi connectivity index (χ2n) is 3.60. The van der Waals surface area contributed by atoms with Gasteiger partial charge in [-0.25, -0.2) is 9.97 Å². The summed E-state index contributed by atoms with van der Waals surface area (Å²) in [6.07, 6.45) is 3.26. The minimum atomic E-state index is -0.243. The molecule has 0 radical (unpaired) electrons. The van der Waals surface area contributed by atoms with E-state index in [-0.39, 0.29) is 19.1 Å². The smallest absolute Gasteiger partial charge is 0.252 e. The normalized spacial score (nSPS) is 10.1. The average Bonchev–Trinajstić information content (AvgIpc) is 2.45. The lowest BCUT2D eigenvalue weighted by Crippen LogP contribution is -2.26. The molecule has 0 bridgehead atoms. The molecule has 2 N–H and O–H groups in total. The predicted octanol–water partition coefficient (Wildman–Crippen LogP) is 0.866. The molecule has 1 aromatic carbocycles. The molecule has 92 valence electrons. The fourth-order valence-corrected chi connectivity index (χ4v) is 1.58. The molecule has 0 aliphatic rings. The van der Waals surface area contributed by atoms with Gasteiger partial charge in [0.25, 0.3) is 5.91 Å². The van der Waals surface area contributed by atoms with E-state index in [1.165, 1.54) is 0 Å². The fraction of sp³-hybridized carbons (Fsp3) is 0.154. The summed E-state index contributed by atoms with van der Waals surface area (Å²) in [7, 11) is 0. The summed E-state index contributed by atoms with van der Waals surface area (Å²) in [5.74, 6) is 0.263. The Morgan fingerprint density at radius 1 is 1.17 bits per heavy atom. The maximum absolute atomic E-state index is 11.9. The van der Waals surface area contributed by atoms with Crippen molar-refractivity contribution in [3.8, 4) is 11.4 Å². The number of aliphatic hydroxyl groups is 1. The zero-order valence-corrected chi connectivity index (χ0v) is 9.71. The van der Waals surface area contributed by atoms with E-state index < -0.39 is 0 Å². The Balaban J connectivity index is 2.34. The van der Waals surface area contributed by atoms with Crippen LogP contribution in [0.15, 0.2) is 42.7 Å². The monoisotopic (exact) mass is 243 g/mol. The highest BCUT2D eigenvalue weighted by atomic mass is 16.3. The van der Waals surface area contributed by atoms with Gasteiger partial charge in [-0.3, -0.25) is 4.79 Å². The van der Waals surface area contributed by atoms with Crippen molar-refractivity contribution in [1.82, 2.24) is 15.3 Å². The van der Waals surface area contributed by atoms with Gasteiger partial charge in [0.15, 0.2) is 5.82 Å². The summed E-state index contributed by atoms with van der Waals surface area (Å²) in [5.41, 5.74) is 1.17. The van der Waals surface area contributed by atoms with Gasteiger partial charge in [-0.15, -0.1) is 0 Å². The van der Waals surface area contributed by atoms with Crippen LogP contribution in [0.1, 0.15) is 10.4 Å². The van der Waals surface area contributed by atoms with Crippen LogP contribution in [0.25, 0.3) is 11.4 Å². The first kappa shape index (κ1) is 12.2. The first-order valence-electron chi connectivity index (χ1n) is 5.58. The Labute approximate surface area is 105 Å². The van der Waals surface area contributed by atoms with Crippen LogP contribution < -0.4 is 5.32 Å². The molecule has 18 heavy (non-hydrogen) atoms. The standard InChI is InChI=1S/C13H13N3O2/c17-9-8-16-13(18)11-5-2-1-4-10(11)12-14-6-3-7-15-12/h1-7,17H,8-9H2,(H,16,18). The Morgan fingerprint density at radius 2 is 1.89 bits per heavy atom. The van der Waals surface area contributed by atoms with Crippen LogP contribution in [0.5, 0.6) is 0 Å². The average molecular weight is 243 g/mol. The van der Waals surface area contributed by atoms with Crippen LogP contribution >= 0.6 is 0 Å². The molecule has 0 atom stereocenters. The number of hydrogen-bond acceptors (Lipinski definition) is 4. The third-order valence-corrected chi connectivity index (χ3v) is 2.38. The van der Waals surface area contributed by atoms with Crippen LogP contribution in [-0.2, 0) is 0 Å². The first-order valence-corrected chi connectivity index (χ1v) is 5.58. The van der Waals surface area contributed by atoms with Crippen LogP contribution in [0.3, 0.4) is 0 Å². The molecule has 0 unspecified atom stereocenters. The number of benzene rings is 1. The summed E-state index contributed by atoms with van der Waals surface area (Å²) in [6, 6.07) is 8.83. The molecular formula is C13H13N3O2. The number of aromatic nitrogens is 2. The largest absolute Gasteiger partial charge is 0.395 e. The molecule has 5 heteroatoms. The first-order chi connectivity index (χ1) is 8.83. The molecule has 0 saturated heterocycles. The Kier molecular flexibility index (Phi) is 3.98. The summed E-state index contributed by atoms with van der Waals surface area (Å²) >= 11 is 0. The zero-order chi connectivity index (χ0) is 12.8. The van der Waals surface area contributed by atoms with Crippen LogP contribution in [0.2, 0.25) is 0 Å². The molecule has 1 amide bonds. The lowest BCUT2D eigenvalue weighted by Gasteiger charge is -2.08. The van der Waals surface area contributed by atoms with Gasteiger partial charge >= 0.3 is 0 Å². The SMILES string of the molecule is O=C(NCCO)c1ccccc1-c1ncccn1. The van der Waals surface area contributed by atoms with Crippen molar-refractivity contribution in [3.05, 3.63) is 48.3 Å². The minimum absolute atomic E-state index is 0.0876. The third-order valence-electron chi connectivity index (χ3n) is 2.38. The number of carbonyl (C=O) groups excluding carboxylic acids is 1. The van der Waals surface area contributed by atoms with E-state index >= 15 is 0 Å². The summed E-state index contributed by atoms with van der Waals surface area (Å²) in [6.45, 7) is 0.137. The number of hydrogen-bond donors (Lipinski definition) is 2.